The van der Waals surface area contributed by atoms with E-state index in [9.17, 15) is 4.79 Å². The van der Waals surface area contributed by atoms with Gasteiger partial charge in [-0.05, 0) is 43.2 Å². The Bertz CT molecular complexity index is 1670. The van der Waals surface area contributed by atoms with E-state index in [1.807, 2.05) is 25.1 Å². The average Bonchev–Trinajstić information content (AvgIpc) is 3.43. The van der Waals surface area contributed by atoms with Crippen LogP contribution >= 0.6 is 0 Å². The lowest BCUT2D eigenvalue weighted by Gasteiger charge is -2.15. The Hall–Kier alpha value is -4.46. The number of nitrogens with one attached hydrogen (secondary N) is 1. The van der Waals surface area contributed by atoms with Crippen LogP contribution in [0.25, 0.3) is 22.2 Å². The molecule has 1 aliphatic rings. The summed E-state index contributed by atoms with van der Waals surface area (Å²) in [7, 11) is 0. The number of benzene rings is 2. The number of hydrogen-bond donors (Lipinski definition) is 1. The molecule has 0 aliphatic carbocycles. The third kappa shape index (κ3) is 3.80. The van der Waals surface area contributed by atoms with E-state index in [0.717, 1.165) is 69.0 Å². The molecule has 0 unspecified atom stereocenters. The summed E-state index contributed by atoms with van der Waals surface area (Å²) in [5.74, 6) is 1.63. The predicted octanol–water partition coefficient (Wildman–Crippen LogP) is 4.98. The van der Waals surface area contributed by atoms with Crippen LogP contribution in [0, 0.1) is 0 Å². The molecule has 0 radical (unpaired) electrons. The van der Waals surface area contributed by atoms with Crippen molar-refractivity contribution in [1.82, 2.24) is 24.7 Å². The topological polar surface area (TPSA) is 98.8 Å². The number of fused-ring (bicyclic) bond motifs is 3. The Balaban J connectivity index is 1.47. The molecule has 5 aromatic rings. The van der Waals surface area contributed by atoms with Gasteiger partial charge in [-0.3, -0.25) is 14.5 Å². The van der Waals surface area contributed by atoms with Crippen molar-refractivity contribution in [2.45, 2.75) is 39.8 Å². The van der Waals surface area contributed by atoms with Gasteiger partial charge in [-0.2, -0.15) is 0 Å². The first-order valence-corrected chi connectivity index (χ1v) is 12.0. The molecule has 180 valence electrons. The van der Waals surface area contributed by atoms with Crippen LogP contribution in [0.4, 0.5) is 0 Å². The highest BCUT2D eigenvalue weighted by molar-refractivity contribution is 5.99. The van der Waals surface area contributed by atoms with Crippen LogP contribution in [0.2, 0.25) is 0 Å². The molecule has 0 atom stereocenters. The Morgan fingerprint density at radius 1 is 1.11 bits per heavy atom. The maximum absolute atomic E-state index is 11.6. The molecule has 3 aromatic heterocycles. The number of pyridine rings is 1. The molecule has 0 fully saturated rings. The number of aromatic nitrogens is 5. The molecular weight excluding hydrogens is 454 g/mol. The number of imidazole rings is 1. The van der Waals surface area contributed by atoms with Crippen LogP contribution in [0.15, 0.2) is 70.1 Å². The van der Waals surface area contributed by atoms with Gasteiger partial charge in [0.1, 0.15) is 18.2 Å². The Morgan fingerprint density at radius 2 is 2.00 bits per heavy atom. The van der Waals surface area contributed by atoms with Crippen molar-refractivity contribution < 1.29 is 9.26 Å². The number of ether oxygens (including phenoxy) is 1. The van der Waals surface area contributed by atoms with E-state index in [-0.39, 0.29) is 0 Å². The summed E-state index contributed by atoms with van der Waals surface area (Å²) in [5.41, 5.74) is 7.60. The molecule has 6 rings (SSSR count). The lowest BCUT2D eigenvalue weighted by Crippen LogP contribution is -2.06. The first-order valence-electron chi connectivity index (χ1n) is 12.0. The monoisotopic (exact) mass is 479 g/mol. The SMILES string of the molecule is CCCc1nc2ccccc2n1Cc1ccc2c(c1)OCc1ncccc1/C2=C(\C)c1noc(=O)[nH]1. The Labute approximate surface area is 207 Å². The molecule has 8 nitrogen and oxygen atoms in total. The lowest BCUT2D eigenvalue weighted by atomic mass is 9.91. The quantitative estimate of drug-likeness (QED) is 0.382. The van der Waals surface area contributed by atoms with Crippen molar-refractivity contribution in [3.8, 4) is 5.75 Å². The predicted molar refractivity (Wildman–Crippen MR) is 137 cm³/mol. The van der Waals surface area contributed by atoms with Crippen LogP contribution in [0.5, 0.6) is 5.75 Å². The largest absolute Gasteiger partial charge is 0.487 e. The van der Waals surface area contributed by atoms with Gasteiger partial charge in [0.15, 0.2) is 5.82 Å². The molecule has 0 saturated heterocycles. The standard InChI is InChI=1S/C28H25N5O3/c1-3-7-25-30-21-9-4-5-10-23(21)33(25)15-18-11-12-20-24(14-18)35-16-22-19(8-6-13-29-22)26(20)17(2)27-31-28(34)36-32-27/h4-6,8-14H,3,7,15-16H2,1-2H3,(H,31,32,34)/b26-17-. The zero-order valence-corrected chi connectivity index (χ0v) is 20.1. The number of hydrogen-bond acceptors (Lipinski definition) is 6. The number of H-pyrrole nitrogens is 1. The summed E-state index contributed by atoms with van der Waals surface area (Å²) in [4.78, 5) is 23.7. The van der Waals surface area contributed by atoms with Gasteiger partial charge in [0.25, 0.3) is 0 Å². The van der Waals surface area contributed by atoms with E-state index >= 15 is 0 Å². The molecule has 0 spiro atoms. The maximum atomic E-state index is 11.6. The second-order valence-electron chi connectivity index (χ2n) is 8.91. The summed E-state index contributed by atoms with van der Waals surface area (Å²) < 4.78 is 13.3. The van der Waals surface area contributed by atoms with E-state index < -0.39 is 5.76 Å². The fourth-order valence-corrected chi connectivity index (χ4v) is 4.88. The highest BCUT2D eigenvalue weighted by Crippen LogP contribution is 2.40. The van der Waals surface area contributed by atoms with Gasteiger partial charge in [0.2, 0.25) is 0 Å². The van der Waals surface area contributed by atoms with Gasteiger partial charge in [-0.25, -0.2) is 9.78 Å². The fraction of sp³-hybridized carbons (Fsp3) is 0.214. The summed E-state index contributed by atoms with van der Waals surface area (Å²) in [5, 5.41) is 3.92. The van der Waals surface area contributed by atoms with Crippen molar-refractivity contribution in [1.29, 1.82) is 0 Å². The first-order chi connectivity index (χ1) is 17.6. The molecule has 36 heavy (non-hydrogen) atoms. The van der Waals surface area contributed by atoms with Gasteiger partial charge < -0.3 is 9.30 Å². The minimum atomic E-state index is -0.591. The van der Waals surface area contributed by atoms with Gasteiger partial charge in [-0.1, -0.05) is 42.4 Å². The van der Waals surface area contributed by atoms with Crippen molar-refractivity contribution >= 4 is 22.2 Å². The molecule has 0 amide bonds. The summed E-state index contributed by atoms with van der Waals surface area (Å²) in [6.45, 7) is 5.11. The Morgan fingerprint density at radius 3 is 2.83 bits per heavy atom. The zero-order chi connectivity index (χ0) is 24.6. The van der Waals surface area contributed by atoms with Gasteiger partial charge in [-0.15, -0.1) is 0 Å². The molecular formula is C28H25N5O3. The van der Waals surface area contributed by atoms with Gasteiger partial charge >= 0.3 is 5.76 Å². The smallest absolute Gasteiger partial charge is 0.439 e. The molecule has 0 bridgehead atoms. The van der Waals surface area contributed by atoms with Crippen molar-refractivity contribution in [2.75, 3.05) is 0 Å². The summed E-state index contributed by atoms with van der Waals surface area (Å²) in [6.07, 6.45) is 3.70. The van der Waals surface area contributed by atoms with E-state index in [1.165, 1.54) is 0 Å². The van der Waals surface area contributed by atoms with Crippen molar-refractivity contribution in [2.24, 2.45) is 0 Å². The maximum Gasteiger partial charge on any atom is 0.439 e. The highest BCUT2D eigenvalue weighted by atomic mass is 16.5. The number of aryl methyl sites for hydroxylation is 1. The average molecular weight is 480 g/mol. The van der Waals surface area contributed by atoms with Crippen LogP contribution in [-0.4, -0.2) is 24.7 Å². The minimum Gasteiger partial charge on any atom is -0.487 e. The number of para-hydroxylation sites is 2. The lowest BCUT2D eigenvalue weighted by molar-refractivity contribution is 0.302. The number of aromatic amines is 1. The molecule has 4 heterocycles. The van der Waals surface area contributed by atoms with E-state index in [2.05, 4.69) is 63.0 Å². The molecule has 8 heteroatoms. The normalized spacial score (nSPS) is 14.2. The van der Waals surface area contributed by atoms with Crippen LogP contribution < -0.4 is 10.5 Å². The molecule has 0 saturated carbocycles. The molecule has 1 aliphatic heterocycles. The van der Waals surface area contributed by atoms with E-state index in [4.69, 9.17) is 14.2 Å². The third-order valence-electron chi connectivity index (χ3n) is 6.56. The minimum absolute atomic E-state index is 0.341. The second kappa shape index (κ2) is 8.96. The van der Waals surface area contributed by atoms with Crippen LogP contribution in [0.1, 0.15) is 54.3 Å². The second-order valence-corrected chi connectivity index (χ2v) is 8.91. The van der Waals surface area contributed by atoms with Gasteiger partial charge in [0.05, 0.1) is 16.7 Å². The van der Waals surface area contributed by atoms with Crippen molar-refractivity contribution in [3.63, 3.8) is 0 Å². The number of rotatable bonds is 5. The van der Waals surface area contributed by atoms with E-state index in [1.54, 1.807) is 6.20 Å². The molecule has 2 aromatic carbocycles. The van der Waals surface area contributed by atoms with E-state index in [0.29, 0.717) is 19.0 Å². The van der Waals surface area contributed by atoms with Gasteiger partial charge in [0, 0.05) is 41.4 Å². The van der Waals surface area contributed by atoms with Crippen LogP contribution in [-0.2, 0) is 19.6 Å². The fourth-order valence-electron chi connectivity index (χ4n) is 4.88. The first kappa shape index (κ1) is 22.0. The zero-order valence-electron chi connectivity index (χ0n) is 20.1. The summed E-state index contributed by atoms with van der Waals surface area (Å²) >= 11 is 0. The summed E-state index contributed by atoms with van der Waals surface area (Å²) in [6, 6.07) is 18.4. The van der Waals surface area contributed by atoms with Crippen molar-refractivity contribution in [3.05, 3.63) is 105 Å². The highest BCUT2D eigenvalue weighted by Gasteiger charge is 2.24. The number of allylic oxidation sites excluding steroid dienone is 1. The molecule has 1 N–H and O–H groups in total. The Kier molecular flexibility index (Phi) is 5.48. The third-order valence-corrected chi connectivity index (χ3v) is 6.56. The van der Waals surface area contributed by atoms with Crippen LogP contribution in [0.3, 0.4) is 0 Å². The number of nitrogens with zero attached hydrogens (tertiary/aromatic N) is 4.